The van der Waals surface area contributed by atoms with Crippen molar-refractivity contribution in [2.75, 3.05) is 0 Å². The average Bonchev–Trinajstić information content (AvgIpc) is 1.47. The molecular formula is C99H165N19O6. The molecule has 0 fully saturated rings. The van der Waals surface area contributed by atoms with E-state index in [0.29, 0.717) is 28.8 Å². The third kappa shape index (κ3) is 16.3. The fourth-order valence-corrected chi connectivity index (χ4v) is 20.4. The van der Waals surface area contributed by atoms with Gasteiger partial charge >= 0.3 is 0 Å². The number of rotatable bonds is 12. The number of aromatic nitrogens is 15. The van der Waals surface area contributed by atoms with Crippen molar-refractivity contribution < 1.29 is 19.2 Å². The highest BCUT2D eigenvalue weighted by Crippen LogP contribution is 2.53. The predicted octanol–water partition coefficient (Wildman–Crippen LogP) is 21.5. The lowest BCUT2D eigenvalue weighted by molar-refractivity contribution is -0.0469. The maximum Gasteiger partial charge on any atom is 0.292 e. The molecule has 0 saturated heterocycles. The molecule has 0 saturated carbocycles. The van der Waals surface area contributed by atoms with Gasteiger partial charge in [0.2, 0.25) is 5.82 Å². The Morgan fingerprint density at radius 2 is 0.677 bits per heavy atom. The first kappa shape index (κ1) is 103. The first-order chi connectivity index (χ1) is 56.1. The molecule has 0 atom stereocenters. The standard InChI is InChI=1S/C18H32N4O.3C17H29N3O.2C15H23N3O/c1-11(2)13-19-14-15(23)21(12(3)4)17(7,8)16(5,6)18(9,10)22(14)20-13;1-10(2)19-15(21)14-13(16(6,7)17(19,8)9)12(5)20(18-14)11(3)4;1-10(2)19-15(21)13-12(5)20(11(3)4)18-14(13)16(6,7)17(19,8)9;1-10(2)13-12(5)20-14(18-13)15(21)19(11(3)4)16(6,7)17(20,8)9;1-8(2)17-11(6)10(5)14-13(15(17)19)12(7)18(16-14)9(3)4;1-8(2)17-11(6)10(5)13-12(7)18(9(3)4)16-14(13)15(17)19/h11-12H,1-10H3;3*10-11H,1-9H3;2*8-9H,1-7H3. The van der Waals surface area contributed by atoms with Gasteiger partial charge in [0.05, 0.1) is 39.0 Å². The van der Waals surface area contributed by atoms with E-state index in [1.54, 1.807) is 0 Å². The van der Waals surface area contributed by atoms with Gasteiger partial charge in [0.15, 0.2) is 22.9 Å². The van der Waals surface area contributed by atoms with Gasteiger partial charge in [-0.3, -0.25) is 47.5 Å². The van der Waals surface area contributed by atoms with Gasteiger partial charge < -0.3 is 33.3 Å². The van der Waals surface area contributed by atoms with Gasteiger partial charge in [-0.15, -0.1) is 0 Å². The highest BCUT2D eigenvalue weighted by Gasteiger charge is 2.60. The molecule has 8 aromatic heterocycles. The first-order valence-electron chi connectivity index (χ1n) is 45.9. The Morgan fingerprint density at radius 3 is 1.11 bits per heavy atom. The molecule has 0 unspecified atom stereocenters. The zero-order chi connectivity index (χ0) is 95.9. The third-order valence-electron chi connectivity index (χ3n) is 29.9. The molecule has 0 aromatic carbocycles. The van der Waals surface area contributed by atoms with Crippen molar-refractivity contribution in [3.63, 3.8) is 0 Å². The largest absolute Gasteiger partial charge is 0.330 e. The lowest BCUT2D eigenvalue weighted by Gasteiger charge is -2.55. The monoisotopic (exact) mass is 1720 g/mol. The van der Waals surface area contributed by atoms with E-state index in [4.69, 9.17) is 15.2 Å². The van der Waals surface area contributed by atoms with Crippen LogP contribution >= 0.6 is 0 Å². The van der Waals surface area contributed by atoms with Gasteiger partial charge in [0, 0.05) is 150 Å². The Morgan fingerprint density at radius 1 is 0.290 bits per heavy atom. The summed E-state index contributed by atoms with van der Waals surface area (Å²) in [4.78, 5) is 95.0. The van der Waals surface area contributed by atoms with E-state index in [2.05, 4.69) is 309 Å². The highest BCUT2D eigenvalue weighted by atomic mass is 16.2. The number of amides is 4. The highest BCUT2D eigenvalue weighted by molar-refractivity contribution is 6.00. The Bertz CT molecular complexity index is 5340. The second-order valence-corrected chi connectivity index (χ2v) is 43.9. The molecule has 0 N–H and O–H groups in total. The number of fused-ring (bicyclic) bond motifs is 6. The number of aryl methyl sites for hydroxylation is 4. The van der Waals surface area contributed by atoms with Crippen LogP contribution in [0.2, 0.25) is 0 Å². The summed E-state index contributed by atoms with van der Waals surface area (Å²) in [5.41, 5.74) is 13.5. The SMILES string of the molecule is CC(C)c1nc2n(n1)C(C)(C)C(C)(C)C(C)(C)N(C(C)C)C2=O.Cc1c(C(C)C)nc2n1C(C)(C)C(C)(C)N(C(C)C)C2=O.Cc1c(C)n(C(C)C)c(=O)c2c(C)n(C(C)C)nc12.Cc1c(C)n(C(C)C)c(=O)c2nn(C(C)C)c(C)c12.Cc1c2c(nn1C(C)C)C(=O)N(C(C)C)C(C)(C)C2(C)C.Cc1c2c(nn1C(C)C)C(C)(C)C(C)(C)N(C(C)C)C2=O. The van der Waals surface area contributed by atoms with Gasteiger partial charge in [-0.25, -0.2) is 14.6 Å². The summed E-state index contributed by atoms with van der Waals surface area (Å²) in [6, 6.07) is 1.93. The van der Waals surface area contributed by atoms with Crippen LogP contribution in [-0.2, 0) is 21.9 Å². The normalized spacial score (nSPS) is 18.2. The second kappa shape index (κ2) is 34.9. The van der Waals surface area contributed by atoms with Crippen molar-refractivity contribution >= 4 is 45.4 Å². The summed E-state index contributed by atoms with van der Waals surface area (Å²) in [6.45, 7) is 108. The van der Waals surface area contributed by atoms with E-state index < -0.39 is 0 Å². The molecule has 12 heterocycles. The van der Waals surface area contributed by atoms with Crippen molar-refractivity contribution in [2.24, 2.45) is 5.41 Å². The molecule has 25 heteroatoms. The van der Waals surface area contributed by atoms with E-state index >= 15 is 0 Å². The summed E-state index contributed by atoms with van der Waals surface area (Å²) in [7, 11) is 0. The summed E-state index contributed by atoms with van der Waals surface area (Å²) in [5.74, 6) is 2.51. The Kier molecular flexibility index (Phi) is 28.9. The Balaban J connectivity index is 0.000000205. The number of hydrogen-bond acceptors (Lipinski definition) is 13. The minimum absolute atomic E-state index is 0.0237. The summed E-state index contributed by atoms with van der Waals surface area (Å²) >= 11 is 0. The maximum atomic E-state index is 13.3. The molecule has 124 heavy (non-hydrogen) atoms. The molecule has 4 aliphatic heterocycles. The first-order valence-corrected chi connectivity index (χ1v) is 45.9. The van der Waals surface area contributed by atoms with Crippen LogP contribution in [0.4, 0.5) is 0 Å². The molecule has 8 aromatic rings. The van der Waals surface area contributed by atoms with Gasteiger partial charge in [-0.05, 0) is 301 Å². The fraction of sp³-hybridized carbons (Fsp3) is 0.727. The lowest BCUT2D eigenvalue weighted by atomic mass is 9.62. The Hall–Kier alpha value is -8.51. The number of carbonyl (C=O) groups excluding carboxylic acids is 4. The second-order valence-electron chi connectivity index (χ2n) is 43.9. The summed E-state index contributed by atoms with van der Waals surface area (Å²) < 4.78 is 15.6. The van der Waals surface area contributed by atoms with Crippen LogP contribution in [0, 0.1) is 67.7 Å². The molecule has 12 rings (SSSR count). The number of nitrogens with zero attached hydrogens (tertiary/aromatic N) is 19. The van der Waals surface area contributed by atoms with Crippen LogP contribution in [-0.4, -0.2) is 162 Å². The lowest BCUT2D eigenvalue weighted by Crippen LogP contribution is -2.67. The van der Waals surface area contributed by atoms with E-state index in [1.807, 2.05) is 121 Å². The Labute approximate surface area is 745 Å². The van der Waals surface area contributed by atoms with Crippen LogP contribution < -0.4 is 11.1 Å². The average molecular weight is 1720 g/mol. The van der Waals surface area contributed by atoms with E-state index in [1.165, 1.54) is 0 Å². The van der Waals surface area contributed by atoms with Gasteiger partial charge in [0.25, 0.3) is 34.7 Å². The topological polar surface area (TPSA) is 245 Å². The van der Waals surface area contributed by atoms with Crippen molar-refractivity contribution in [1.29, 1.82) is 0 Å². The van der Waals surface area contributed by atoms with Crippen molar-refractivity contribution in [2.45, 2.75) is 469 Å². The number of pyridine rings is 2. The molecule has 25 nitrogen and oxygen atoms in total. The van der Waals surface area contributed by atoms with Crippen molar-refractivity contribution in [3.05, 3.63) is 117 Å². The van der Waals surface area contributed by atoms with Crippen LogP contribution in [0.25, 0.3) is 21.8 Å². The van der Waals surface area contributed by atoms with Crippen LogP contribution in [0.15, 0.2) is 9.59 Å². The smallest absolute Gasteiger partial charge is 0.292 e. The summed E-state index contributed by atoms with van der Waals surface area (Å²) in [5, 5.41) is 25.2. The zero-order valence-electron chi connectivity index (χ0n) is 86.9. The van der Waals surface area contributed by atoms with E-state index in [9.17, 15) is 28.8 Å². The van der Waals surface area contributed by atoms with Crippen LogP contribution in [0.1, 0.15) is 455 Å². The quantitative estimate of drug-likeness (QED) is 0.111. The number of carbonyl (C=O) groups is 4. The number of imidazole rings is 1. The van der Waals surface area contributed by atoms with Gasteiger partial charge in [0.1, 0.15) is 5.52 Å². The minimum Gasteiger partial charge on any atom is -0.330 e. The molecule has 0 bridgehead atoms. The van der Waals surface area contributed by atoms with Crippen molar-refractivity contribution in [1.82, 2.24) is 92.2 Å². The molecule has 692 valence electrons. The fourth-order valence-electron chi connectivity index (χ4n) is 20.4. The van der Waals surface area contributed by atoms with Crippen molar-refractivity contribution in [3.8, 4) is 0 Å². The van der Waals surface area contributed by atoms with E-state index in [0.717, 1.165) is 95.6 Å². The number of hydrogen-bond donors (Lipinski definition) is 0. The van der Waals surface area contributed by atoms with Crippen LogP contribution in [0.3, 0.4) is 0 Å². The third-order valence-corrected chi connectivity index (χ3v) is 29.9. The maximum absolute atomic E-state index is 13.3. The van der Waals surface area contributed by atoms with Gasteiger partial charge in [-0.1, -0.05) is 69.2 Å². The minimum atomic E-state index is -0.342. The van der Waals surface area contributed by atoms with Crippen LogP contribution in [0.5, 0.6) is 0 Å². The predicted molar refractivity (Wildman–Crippen MR) is 508 cm³/mol. The molecular weight excluding hydrogens is 1550 g/mol. The molecule has 0 radical (unpaired) electrons. The molecule has 4 aliphatic rings. The molecule has 4 amide bonds. The summed E-state index contributed by atoms with van der Waals surface area (Å²) in [6.07, 6.45) is 0. The molecule has 0 aliphatic carbocycles. The molecule has 0 spiro atoms. The zero-order valence-corrected chi connectivity index (χ0v) is 86.9. The van der Waals surface area contributed by atoms with Gasteiger partial charge in [-0.2, -0.15) is 25.5 Å². The van der Waals surface area contributed by atoms with E-state index in [-0.39, 0.29) is 151 Å².